The van der Waals surface area contributed by atoms with Gasteiger partial charge in [0.25, 0.3) is 0 Å². The highest BCUT2D eigenvalue weighted by Crippen LogP contribution is 2.63. The molecule has 0 radical (unpaired) electrons. The second-order valence-corrected chi connectivity index (χ2v) is 8.87. The van der Waals surface area contributed by atoms with Crippen molar-refractivity contribution >= 4 is 0 Å². The van der Waals surface area contributed by atoms with Gasteiger partial charge in [-0.1, -0.05) is 13.8 Å². The van der Waals surface area contributed by atoms with E-state index in [-0.39, 0.29) is 24.2 Å². The summed E-state index contributed by atoms with van der Waals surface area (Å²) in [5.41, 5.74) is 2.64. The predicted octanol–water partition coefficient (Wildman–Crippen LogP) is 3.76. The molecule has 1 N–H and O–H groups in total. The third kappa shape index (κ3) is 3.23. The lowest BCUT2D eigenvalue weighted by atomic mass is 9.78. The van der Waals surface area contributed by atoms with Gasteiger partial charge in [-0.15, -0.1) is 0 Å². The molecule has 150 valence electrons. The standard InChI is InChI=1S/C22H32FNO3/c1-14(2)17-12-22(17)13-24-7-5-15-9-20(27-8-4-6-23)19(26-3)10-16(15)18(24)11-21(22)25/h9-10,14,17-18,21,25H,4-8,11-13H2,1-3H3/t17?,18-,21-,22+/m1/s1. The van der Waals surface area contributed by atoms with E-state index in [1.165, 1.54) is 11.1 Å². The average molecular weight is 378 g/mol. The molecular formula is C22H32FNO3. The van der Waals surface area contributed by atoms with Gasteiger partial charge in [-0.3, -0.25) is 9.29 Å². The molecule has 1 aliphatic carbocycles. The Bertz CT molecular complexity index is 694. The lowest BCUT2D eigenvalue weighted by Gasteiger charge is -2.47. The van der Waals surface area contributed by atoms with Gasteiger partial charge in [0.05, 0.1) is 26.5 Å². The first-order chi connectivity index (χ1) is 13.0. The molecule has 4 atom stereocenters. The minimum atomic E-state index is -0.374. The molecule has 3 aliphatic rings. The summed E-state index contributed by atoms with van der Waals surface area (Å²) in [5, 5.41) is 11.0. The number of piperidine rings is 1. The van der Waals surface area contributed by atoms with Gasteiger partial charge in [-0.25, -0.2) is 0 Å². The Balaban J connectivity index is 1.57. The van der Waals surface area contributed by atoms with Gasteiger partial charge < -0.3 is 14.6 Å². The topological polar surface area (TPSA) is 41.9 Å². The Morgan fingerprint density at radius 3 is 2.81 bits per heavy atom. The van der Waals surface area contributed by atoms with Crippen molar-refractivity contribution < 1.29 is 19.0 Å². The molecule has 1 aromatic rings. The van der Waals surface area contributed by atoms with Crippen LogP contribution >= 0.6 is 0 Å². The molecule has 2 heterocycles. The molecule has 4 nitrogen and oxygen atoms in total. The molecule has 1 aromatic carbocycles. The molecule has 0 amide bonds. The van der Waals surface area contributed by atoms with Crippen molar-refractivity contribution in [3.05, 3.63) is 23.3 Å². The molecule has 2 aliphatic heterocycles. The molecule has 2 fully saturated rings. The summed E-state index contributed by atoms with van der Waals surface area (Å²) in [4.78, 5) is 2.57. The number of benzene rings is 1. The maximum absolute atomic E-state index is 12.4. The van der Waals surface area contributed by atoms with Crippen LogP contribution in [0.4, 0.5) is 4.39 Å². The highest BCUT2D eigenvalue weighted by molar-refractivity contribution is 5.50. The number of rotatable bonds is 6. The first-order valence-electron chi connectivity index (χ1n) is 10.3. The van der Waals surface area contributed by atoms with Gasteiger partial charge in [-0.05, 0) is 54.4 Å². The fourth-order valence-electron chi connectivity index (χ4n) is 5.48. The Kier molecular flexibility index (Phi) is 5.10. The van der Waals surface area contributed by atoms with E-state index in [1.54, 1.807) is 7.11 Å². The van der Waals surface area contributed by atoms with E-state index in [9.17, 15) is 9.50 Å². The Morgan fingerprint density at radius 1 is 1.33 bits per heavy atom. The maximum atomic E-state index is 12.4. The number of alkyl halides is 1. The van der Waals surface area contributed by atoms with Crippen LogP contribution in [0.15, 0.2) is 12.1 Å². The summed E-state index contributed by atoms with van der Waals surface area (Å²) in [6.45, 7) is 6.56. The predicted molar refractivity (Wildman–Crippen MR) is 103 cm³/mol. The highest BCUT2D eigenvalue weighted by atomic mass is 19.1. The number of methoxy groups -OCH3 is 1. The monoisotopic (exact) mass is 377 g/mol. The van der Waals surface area contributed by atoms with Crippen molar-refractivity contribution in [2.75, 3.05) is 33.5 Å². The fourth-order valence-corrected chi connectivity index (χ4v) is 5.48. The van der Waals surface area contributed by atoms with E-state index in [1.807, 2.05) is 0 Å². The van der Waals surface area contributed by atoms with E-state index in [4.69, 9.17) is 9.47 Å². The molecule has 1 saturated heterocycles. The summed E-state index contributed by atoms with van der Waals surface area (Å²) in [5.74, 6) is 2.69. The van der Waals surface area contributed by atoms with Gasteiger partial charge in [0.1, 0.15) is 0 Å². The molecule has 5 heteroatoms. The quantitative estimate of drug-likeness (QED) is 0.767. The van der Waals surface area contributed by atoms with Crippen molar-refractivity contribution in [2.24, 2.45) is 17.3 Å². The van der Waals surface area contributed by atoms with Crippen LogP contribution in [0, 0.1) is 17.3 Å². The maximum Gasteiger partial charge on any atom is 0.161 e. The normalized spacial score (nSPS) is 32.3. The zero-order valence-electron chi connectivity index (χ0n) is 16.7. The third-order valence-corrected chi connectivity index (χ3v) is 7.02. The number of aliphatic hydroxyl groups excluding tert-OH is 1. The minimum Gasteiger partial charge on any atom is -0.493 e. The summed E-state index contributed by atoms with van der Waals surface area (Å²) in [7, 11) is 1.65. The first-order valence-corrected chi connectivity index (χ1v) is 10.3. The lowest BCUT2D eigenvalue weighted by molar-refractivity contribution is -0.0353. The Morgan fingerprint density at radius 2 is 2.15 bits per heavy atom. The minimum absolute atomic E-state index is 0.113. The molecule has 0 bridgehead atoms. The molecule has 4 rings (SSSR count). The summed E-state index contributed by atoms with van der Waals surface area (Å²) in [6.07, 6.45) is 3.09. The first kappa shape index (κ1) is 19.0. The summed E-state index contributed by atoms with van der Waals surface area (Å²) in [6, 6.07) is 4.39. The van der Waals surface area contributed by atoms with Crippen LogP contribution in [0.5, 0.6) is 11.5 Å². The van der Waals surface area contributed by atoms with Crippen LogP contribution in [-0.4, -0.2) is 49.6 Å². The van der Waals surface area contributed by atoms with Gasteiger partial charge in [0.2, 0.25) is 0 Å². The highest BCUT2D eigenvalue weighted by Gasteiger charge is 2.63. The van der Waals surface area contributed by atoms with Crippen LogP contribution in [0.25, 0.3) is 0 Å². The SMILES string of the molecule is COc1cc2c(cc1OCCCF)CCN1C[C@]3(CC3C(C)C)[C@H](O)C[C@H]21. The van der Waals surface area contributed by atoms with Gasteiger partial charge >= 0.3 is 0 Å². The second kappa shape index (κ2) is 7.25. The largest absolute Gasteiger partial charge is 0.493 e. The van der Waals surface area contributed by atoms with Crippen LogP contribution in [0.1, 0.15) is 50.3 Å². The average Bonchev–Trinajstić information content (AvgIpc) is 3.38. The van der Waals surface area contributed by atoms with E-state index in [0.29, 0.717) is 36.4 Å². The molecule has 1 saturated carbocycles. The van der Waals surface area contributed by atoms with Crippen molar-refractivity contribution in [1.29, 1.82) is 0 Å². The smallest absolute Gasteiger partial charge is 0.161 e. The zero-order valence-corrected chi connectivity index (χ0v) is 16.7. The van der Waals surface area contributed by atoms with Crippen LogP contribution < -0.4 is 9.47 Å². The third-order valence-electron chi connectivity index (χ3n) is 7.02. The van der Waals surface area contributed by atoms with Gasteiger partial charge in [-0.2, -0.15) is 0 Å². The van der Waals surface area contributed by atoms with Crippen molar-refractivity contribution in [3.8, 4) is 11.5 Å². The number of ether oxygens (including phenoxy) is 2. The van der Waals surface area contributed by atoms with Gasteiger partial charge in [0.15, 0.2) is 11.5 Å². The Hall–Kier alpha value is -1.33. The number of hydrogen-bond donors (Lipinski definition) is 1. The van der Waals surface area contributed by atoms with Crippen LogP contribution in [0.3, 0.4) is 0 Å². The van der Waals surface area contributed by atoms with E-state index in [0.717, 1.165) is 32.4 Å². The molecule has 1 spiro atoms. The van der Waals surface area contributed by atoms with E-state index in [2.05, 4.69) is 30.9 Å². The fraction of sp³-hybridized carbons (Fsp3) is 0.727. The van der Waals surface area contributed by atoms with Crippen molar-refractivity contribution in [3.63, 3.8) is 0 Å². The number of fused-ring (bicyclic) bond motifs is 3. The van der Waals surface area contributed by atoms with Crippen LogP contribution in [-0.2, 0) is 6.42 Å². The summed E-state index contributed by atoms with van der Waals surface area (Å²) >= 11 is 0. The van der Waals surface area contributed by atoms with E-state index < -0.39 is 0 Å². The molecular weight excluding hydrogens is 345 g/mol. The van der Waals surface area contributed by atoms with Gasteiger partial charge in [0, 0.05) is 31.0 Å². The summed E-state index contributed by atoms with van der Waals surface area (Å²) < 4.78 is 23.7. The molecule has 27 heavy (non-hydrogen) atoms. The van der Waals surface area contributed by atoms with Crippen molar-refractivity contribution in [2.45, 2.75) is 51.7 Å². The van der Waals surface area contributed by atoms with Crippen molar-refractivity contribution in [1.82, 2.24) is 4.90 Å². The number of aliphatic hydroxyl groups is 1. The number of nitrogens with zero attached hydrogens (tertiary/aromatic N) is 1. The van der Waals surface area contributed by atoms with E-state index >= 15 is 0 Å². The lowest BCUT2D eigenvalue weighted by Crippen LogP contribution is -2.50. The number of halogens is 1. The molecule has 0 aromatic heterocycles. The molecule has 1 unspecified atom stereocenters. The van der Waals surface area contributed by atoms with Crippen LogP contribution in [0.2, 0.25) is 0 Å². The second-order valence-electron chi connectivity index (χ2n) is 8.87. The Labute approximate surface area is 161 Å². The zero-order chi connectivity index (χ0) is 19.2. The number of hydrogen-bond acceptors (Lipinski definition) is 4.